The molecular weight excluding hydrogens is 499 g/mol. The number of aliphatic imine (C=N–C) groups is 1. The first-order valence-corrected chi connectivity index (χ1v) is 10.7. The Labute approximate surface area is 195 Å². The summed E-state index contributed by atoms with van der Waals surface area (Å²) in [5, 5.41) is 7.80. The van der Waals surface area contributed by atoms with Crippen molar-refractivity contribution in [2.75, 3.05) is 19.8 Å². The predicted molar refractivity (Wildman–Crippen MR) is 132 cm³/mol. The van der Waals surface area contributed by atoms with E-state index in [9.17, 15) is 0 Å². The van der Waals surface area contributed by atoms with Gasteiger partial charge in [-0.15, -0.1) is 35.3 Å². The first-order valence-electron chi connectivity index (χ1n) is 9.85. The Morgan fingerprint density at radius 1 is 1.14 bits per heavy atom. The third-order valence-electron chi connectivity index (χ3n) is 4.21. The Morgan fingerprint density at radius 3 is 2.41 bits per heavy atom. The molecule has 2 N–H and O–H groups in total. The molecule has 1 heterocycles. The predicted octanol–water partition coefficient (Wildman–Crippen LogP) is 4.99. The maximum atomic E-state index is 5.75. The molecule has 8 heteroatoms. The molecule has 0 saturated carbocycles. The number of benzene rings is 1. The number of aryl methyl sites for hydroxylation is 2. The summed E-state index contributed by atoms with van der Waals surface area (Å²) < 4.78 is 11.4. The number of nitrogens with one attached hydrogen (secondary N) is 2. The molecule has 6 nitrogen and oxygen atoms in total. The average molecular weight is 532 g/mol. The van der Waals surface area contributed by atoms with Crippen LogP contribution in [0.2, 0.25) is 0 Å². The number of thiazole rings is 1. The second-order valence-electron chi connectivity index (χ2n) is 6.38. The van der Waals surface area contributed by atoms with Crippen LogP contribution in [0.1, 0.15) is 54.9 Å². The topological polar surface area (TPSA) is 67.8 Å². The SMILES string of the molecule is CCNC(=NCc1nc(C)c(C)s1)NC(C)c1ccc(OCC)c(OCC)c1.I. The molecule has 0 bridgehead atoms. The second kappa shape index (κ2) is 12.9. The monoisotopic (exact) mass is 532 g/mol. The summed E-state index contributed by atoms with van der Waals surface area (Å²) in [4.78, 5) is 10.5. The fourth-order valence-electron chi connectivity index (χ4n) is 2.70. The number of ether oxygens (including phenoxy) is 2. The van der Waals surface area contributed by atoms with Crippen molar-refractivity contribution < 1.29 is 9.47 Å². The Hall–Kier alpha value is -1.55. The van der Waals surface area contributed by atoms with Crippen molar-refractivity contribution in [2.24, 2.45) is 4.99 Å². The minimum Gasteiger partial charge on any atom is -0.490 e. The minimum atomic E-state index is 0. The van der Waals surface area contributed by atoms with E-state index < -0.39 is 0 Å². The molecule has 2 aromatic rings. The van der Waals surface area contributed by atoms with Crippen molar-refractivity contribution in [3.63, 3.8) is 0 Å². The summed E-state index contributed by atoms with van der Waals surface area (Å²) in [5.41, 5.74) is 2.19. The van der Waals surface area contributed by atoms with E-state index in [0.29, 0.717) is 19.8 Å². The van der Waals surface area contributed by atoms with Gasteiger partial charge in [0.05, 0.1) is 31.5 Å². The van der Waals surface area contributed by atoms with E-state index in [1.807, 2.05) is 32.9 Å². The van der Waals surface area contributed by atoms with Gasteiger partial charge < -0.3 is 20.1 Å². The van der Waals surface area contributed by atoms with E-state index in [0.717, 1.165) is 40.3 Å². The molecule has 0 spiro atoms. The van der Waals surface area contributed by atoms with Gasteiger partial charge in [0.15, 0.2) is 17.5 Å². The molecule has 1 unspecified atom stereocenters. The second-order valence-corrected chi connectivity index (χ2v) is 7.67. The zero-order valence-electron chi connectivity index (χ0n) is 18.2. The highest BCUT2D eigenvalue weighted by Crippen LogP contribution is 2.30. The van der Waals surface area contributed by atoms with Crippen LogP contribution in [0.3, 0.4) is 0 Å². The van der Waals surface area contributed by atoms with Crippen molar-refractivity contribution in [3.8, 4) is 11.5 Å². The van der Waals surface area contributed by atoms with Crippen LogP contribution in [-0.4, -0.2) is 30.7 Å². The first-order chi connectivity index (χ1) is 13.5. The lowest BCUT2D eigenvalue weighted by atomic mass is 10.1. The van der Waals surface area contributed by atoms with Gasteiger partial charge in [-0.3, -0.25) is 0 Å². The molecule has 0 aliphatic rings. The third-order valence-corrected chi connectivity index (χ3v) is 5.27. The lowest BCUT2D eigenvalue weighted by Gasteiger charge is -2.20. The van der Waals surface area contributed by atoms with Crippen molar-refractivity contribution >= 4 is 41.3 Å². The van der Waals surface area contributed by atoms with Crippen molar-refractivity contribution in [2.45, 2.75) is 54.1 Å². The smallest absolute Gasteiger partial charge is 0.192 e. The van der Waals surface area contributed by atoms with Crippen molar-refractivity contribution in [1.82, 2.24) is 15.6 Å². The molecule has 0 aliphatic carbocycles. The fourth-order valence-corrected chi connectivity index (χ4v) is 3.56. The van der Waals surface area contributed by atoms with Crippen LogP contribution in [-0.2, 0) is 6.54 Å². The van der Waals surface area contributed by atoms with E-state index >= 15 is 0 Å². The molecule has 0 aliphatic heterocycles. The van der Waals surface area contributed by atoms with Crippen LogP contribution < -0.4 is 20.1 Å². The minimum absolute atomic E-state index is 0. The van der Waals surface area contributed by atoms with Crippen molar-refractivity contribution in [3.05, 3.63) is 39.3 Å². The highest BCUT2D eigenvalue weighted by Gasteiger charge is 2.13. The van der Waals surface area contributed by atoms with Crippen LogP contribution in [0.5, 0.6) is 11.5 Å². The molecule has 1 aromatic heterocycles. The number of hydrogen-bond acceptors (Lipinski definition) is 5. The third kappa shape index (κ3) is 7.65. The van der Waals surface area contributed by atoms with Gasteiger partial charge in [0, 0.05) is 11.4 Å². The van der Waals surface area contributed by atoms with Crippen molar-refractivity contribution in [1.29, 1.82) is 0 Å². The highest BCUT2D eigenvalue weighted by atomic mass is 127. The molecule has 29 heavy (non-hydrogen) atoms. The molecule has 2 rings (SSSR count). The molecule has 0 amide bonds. The number of rotatable bonds is 9. The van der Waals surface area contributed by atoms with Gasteiger partial charge in [-0.25, -0.2) is 9.98 Å². The Bertz CT molecular complexity index is 775. The van der Waals surface area contributed by atoms with Gasteiger partial charge in [-0.2, -0.15) is 0 Å². The fraction of sp³-hybridized carbons (Fsp3) is 0.524. The largest absolute Gasteiger partial charge is 0.490 e. The Kier molecular flexibility index (Phi) is 11.3. The Morgan fingerprint density at radius 2 is 1.83 bits per heavy atom. The highest BCUT2D eigenvalue weighted by molar-refractivity contribution is 14.0. The number of guanidine groups is 1. The molecule has 0 saturated heterocycles. The maximum absolute atomic E-state index is 5.75. The van der Waals surface area contributed by atoms with Gasteiger partial charge in [0.2, 0.25) is 0 Å². The Balaban J connectivity index is 0.00000420. The van der Waals surface area contributed by atoms with Gasteiger partial charge in [-0.1, -0.05) is 6.07 Å². The summed E-state index contributed by atoms with van der Waals surface area (Å²) in [6.45, 7) is 14.8. The zero-order chi connectivity index (χ0) is 20.5. The quantitative estimate of drug-likeness (QED) is 0.271. The molecule has 1 atom stereocenters. The van der Waals surface area contributed by atoms with E-state index in [1.54, 1.807) is 11.3 Å². The van der Waals surface area contributed by atoms with Crippen LogP contribution in [0, 0.1) is 13.8 Å². The molecule has 162 valence electrons. The zero-order valence-corrected chi connectivity index (χ0v) is 21.3. The molecule has 1 aromatic carbocycles. The average Bonchev–Trinajstić information content (AvgIpc) is 2.99. The van der Waals surface area contributed by atoms with Crippen LogP contribution in [0.25, 0.3) is 0 Å². The van der Waals surface area contributed by atoms with Gasteiger partial charge >= 0.3 is 0 Å². The lowest BCUT2D eigenvalue weighted by molar-refractivity contribution is 0.287. The van der Waals surface area contributed by atoms with E-state index in [4.69, 9.17) is 14.5 Å². The summed E-state index contributed by atoms with van der Waals surface area (Å²) in [7, 11) is 0. The van der Waals surface area contributed by atoms with Crippen LogP contribution >= 0.6 is 35.3 Å². The van der Waals surface area contributed by atoms with Gasteiger partial charge in [-0.05, 0) is 59.2 Å². The van der Waals surface area contributed by atoms with E-state index in [-0.39, 0.29) is 30.0 Å². The van der Waals surface area contributed by atoms with Gasteiger partial charge in [0.1, 0.15) is 5.01 Å². The molecule has 0 fully saturated rings. The summed E-state index contributed by atoms with van der Waals surface area (Å²) in [6.07, 6.45) is 0. The number of aromatic nitrogens is 1. The summed E-state index contributed by atoms with van der Waals surface area (Å²) in [5.74, 6) is 2.31. The number of hydrogen-bond donors (Lipinski definition) is 2. The maximum Gasteiger partial charge on any atom is 0.192 e. The van der Waals surface area contributed by atoms with E-state index in [2.05, 4.69) is 42.5 Å². The standard InChI is InChI=1S/C21H32N4O2S.HI/c1-7-22-21(23-13-20-24-14(4)16(6)28-20)25-15(5)17-10-11-18(26-8-2)19(12-17)27-9-3;/h10-12,15H,7-9,13H2,1-6H3,(H2,22,23,25);1H. The normalized spacial score (nSPS) is 12.1. The van der Waals surface area contributed by atoms with Crippen LogP contribution in [0.4, 0.5) is 0 Å². The van der Waals surface area contributed by atoms with Gasteiger partial charge in [0.25, 0.3) is 0 Å². The van der Waals surface area contributed by atoms with E-state index in [1.165, 1.54) is 4.88 Å². The molecule has 0 radical (unpaired) electrons. The first kappa shape index (κ1) is 25.5. The summed E-state index contributed by atoms with van der Waals surface area (Å²) in [6, 6.07) is 6.12. The van der Waals surface area contributed by atoms with Crippen LogP contribution in [0.15, 0.2) is 23.2 Å². The number of nitrogens with zero attached hydrogens (tertiary/aromatic N) is 2. The number of halogens is 1. The lowest BCUT2D eigenvalue weighted by Crippen LogP contribution is -2.38. The summed E-state index contributed by atoms with van der Waals surface area (Å²) >= 11 is 1.70. The molecular formula is C21H33IN4O2S.